The molecule has 0 aliphatic heterocycles. The Kier molecular flexibility index (Phi) is 5.63. The van der Waals surface area contributed by atoms with Crippen molar-refractivity contribution in [2.24, 2.45) is 0 Å². The summed E-state index contributed by atoms with van der Waals surface area (Å²) in [4.78, 5) is 23.6. The van der Waals surface area contributed by atoms with Crippen LogP contribution in [0.15, 0.2) is 53.1 Å². The van der Waals surface area contributed by atoms with Crippen molar-refractivity contribution in [2.75, 3.05) is 27.9 Å². The van der Waals surface area contributed by atoms with Crippen molar-refractivity contribution in [3.63, 3.8) is 0 Å². The highest BCUT2D eigenvalue weighted by Crippen LogP contribution is 2.27. The summed E-state index contributed by atoms with van der Waals surface area (Å²) in [7, 11) is 5.04. The van der Waals surface area contributed by atoms with E-state index in [2.05, 4.69) is 9.97 Å². The molecule has 0 atom stereocenters. The van der Waals surface area contributed by atoms with E-state index >= 15 is 0 Å². The number of carbonyl (C=O) groups is 1. The highest BCUT2D eigenvalue weighted by Gasteiger charge is 2.16. The highest BCUT2D eigenvalue weighted by atomic mass is 16.5. The van der Waals surface area contributed by atoms with E-state index < -0.39 is 0 Å². The number of rotatable bonds is 7. The fourth-order valence-corrected chi connectivity index (χ4v) is 3.46. The van der Waals surface area contributed by atoms with Crippen LogP contribution in [0.3, 0.4) is 0 Å². The van der Waals surface area contributed by atoms with Gasteiger partial charge in [-0.25, -0.2) is 4.98 Å². The molecular formula is C23H23N3O4. The molecule has 30 heavy (non-hydrogen) atoms. The maximum absolute atomic E-state index is 13.0. The highest BCUT2D eigenvalue weighted by molar-refractivity contribution is 5.97. The van der Waals surface area contributed by atoms with E-state index in [1.807, 2.05) is 30.3 Å². The van der Waals surface area contributed by atoms with E-state index in [9.17, 15) is 4.79 Å². The van der Waals surface area contributed by atoms with Crippen LogP contribution in [-0.2, 0) is 17.7 Å². The summed E-state index contributed by atoms with van der Waals surface area (Å²) < 4.78 is 16.2. The molecule has 0 unspecified atom stereocenters. The van der Waals surface area contributed by atoms with Gasteiger partial charge >= 0.3 is 0 Å². The smallest absolute Gasteiger partial charge is 0.254 e. The summed E-state index contributed by atoms with van der Waals surface area (Å²) in [5.74, 6) is 1.21. The second-order valence-electron chi connectivity index (χ2n) is 7.02. The van der Waals surface area contributed by atoms with Gasteiger partial charge in [0, 0.05) is 44.3 Å². The maximum Gasteiger partial charge on any atom is 0.254 e. The average Bonchev–Trinajstić information content (AvgIpc) is 3.19. The normalized spacial score (nSPS) is 11.2. The maximum atomic E-state index is 13.0. The van der Waals surface area contributed by atoms with Crippen LogP contribution < -0.4 is 4.74 Å². The summed E-state index contributed by atoms with van der Waals surface area (Å²) >= 11 is 0. The molecule has 7 heteroatoms. The Morgan fingerprint density at radius 1 is 1.17 bits per heavy atom. The van der Waals surface area contributed by atoms with E-state index in [0.717, 1.165) is 22.0 Å². The lowest BCUT2D eigenvalue weighted by atomic mass is 10.1. The minimum Gasteiger partial charge on any atom is -0.494 e. The number of methoxy groups -OCH3 is 2. The third kappa shape index (κ3) is 3.84. The van der Waals surface area contributed by atoms with Gasteiger partial charge in [0.1, 0.15) is 16.8 Å². The molecule has 0 spiro atoms. The van der Waals surface area contributed by atoms with Gasteiger partial charge in [-0.2, -0.15) is 0 Å². The van der Waals surface area contributed by atoms with E-state index in [4.69, 9.17) is 13.9 Å². The number of oxazole rings is 1. The lowest BCUT2D eigenvalue weighted by Crippen LogP contribution is -2.26. The number of carbonyl (C=O) groups excluding carboxylic acids is 1. The van der Waals surface area contributed by atoms with Gasteiger partial charge in [0.15, 0.2) is 11.5 Å². The first kappa shape index (κ1) is 19.8. The third-order valence-corrected chi connectivity index (χ3v) is 5.00. The Bertz CT molecular complexity index is 1200. The van der Waals surface area contributed by atoms with Crippen molar-refractivity contribution in [1.29, 1.82) is 0 Å². The first-order chi connectivity index (χ1) is 14.6. The lowest BCUT2D eigenvalue weighted by molar-refractivity contribution is 0.0785. The standard InChI is InChI=1S/C23H23N3O4/c1-26(14-16-7-9-19(29-3)22-17(16)5-4-11-24-22)23(27)15-6-8-18-20(13-15)30-21(25-18)10-12-28-2/h4-9,11,13H,10,12,14H2,1-3H3. The van der Waals surface area contributed by atoms with Gasteiger partial charge in [0.05, 0.1) is 13.7 Å². The largest absolute Gasteiger partial charge is 0.494 e. The average molecular weight is 405 g/mol. The second-order valence-corrected chi connectivity index (χ2v) is 7.02. The number of ether oxygens (including phenoxy) is 2. The SMILES string of the molecule is COCCc1nc2ccc(C(=O)N(C)Cc3ccc(OC)c4ncccc34)cc2o1. The van der Waals surface area contributed by atoms with Gasteiger partial charge in [0.25, 0.3) is 5.91 Å². The number of nitrogens with zero attached hydrogens (tertiary/aromatic N) is 3. The number of hydrogen-bond acceptors (Lipinski definition) is 6. The van der Waals surface area contributed by atoms with Crippen LogP contribution in [0, 0.1) is 0 Å². The zero-order valence-corrected chi connectivity index (χ0v) is 17.2. The molecule has 1 amide bonds. The zero-order chi connectivity index (χ0) is 21.1. The molecule has 0 aliphatic carbocycles. The van der Waals surface area contributed by atoms with Gasteiger partial charge in [-0.05, 0) is 35.9 Å². The van der Waals surface area contributed by atoms with E-state index in [1.165, 1.54) is 0 Å². The molecule has 2 heterocycles. The van der Waals surface area contributed by atoms with Crippen molar-refractivity contribution < 1.29 is 18.7 Å². The first-order valence-electron chi connectivity index (χ1n) is 9.65. The topological polar surface area (TPSA) is 77.7 Å². The number of pyridine rings is 1. The summed E-state index contributed by atoms with van der Waals surface area (Å²) in [5.41, 5.74) is 3.66. The van der Waals surface area contributed by atoms with E-state index in [0.29, 0.717) is 42.4 Å². The predicted molar refractivity (Wildman–Crippen MR) is 114 cm³/mol. The molecule has 0 saturated heterocycles. The molecule has 0 saturated carbocycles. The molecule has 2 aromatic heterocycles. The minimum absolute atomic E-state index is 0.0976. The molecule has 154 valence electrons. The molecule has 0 N–H and O–H groups in total. The van der Waals surface area contributed by atoms with Gasteiger partial charge in [-0.3, -0.25) is 9.78 Å². The minimum atomic E-state index is -0.0976. The molecular weight excluding hydrogens is 382 g/mol. The summed E-state index contributed by atoms with van der Waals surface area (Å²) in [6.07, 6.45) is 2.32. The van der Waals surface area contributed by atoms with Crippen molar-refractivity contribution >= 4 is 27.9 Å². The number of fused-ring (bicyclic) bond motifs is 2. The van der Waals surface area contributed by atoms with Crippen LogP contribution in [0.4, 0.5) is 0 Å². The molecule has 0 fully saturated rings. The second kappa shape index (κ2) is 8.51. The predicted octanol–water partition coefficient (Wildman–Crippen LogP) is 3.85. The number of hydrogen-bond donors (Lipinski definition) is 0. The molecule has 4 aromatic rings. The Balaban J connectivity index is 1.57. The van der Waals surface area contributed by atoms with Crippen molar-refractivity contribution in [2.45, 2.75) is 13.0 Å². The van der Waals surface area contributed by atoms with Gasteiger partial charge in [-0.15, -0.1) is 0 Å². The van der Waals surface area contributed by atoms with Gasteiger partial charge in [0.2, 0.25) is 0 Å². The molecule has 0 radical (unpaired) electrons. The molecule has 4 rings (SSSR count). The Morgan fingerprint density at radius 3 is 2.83 bits per heavy atom. The first-order valence-corrected chi connectivity index (χ1v) is 9.65. The zero-order valence-electron chi connectivity index (χ0n) is 17.2. The lowest BCUT2D eigenvalue weighted by Gasteiger charge is -2.19. The summed E-state index contributed by atoms with van der Waals surface area (Å²) in [5, 5.41) is 0.963. The number of aromatic nitrogens is 2. The van der Waals surface area contributed by atoms with Gasteiger partial charge < -0.3 is 18.8 Å². The van der Waals surface area contributed by atoms with Crippen molar-refractivity contribution in [1.82, 2.24) is 14.9 Å². The van der Waals surface area contributed by atoms with E-state index in [1.54, 1.807) is 44.5 Å². The summed E-state index contributed by atoms with van der Waals surface area (Å²) in [6.45, 7) is 0.977. The Hall–Kier alpha value is -3.45. The molecule has 7 nitrogen and oxygen atoms in total. The molecule has 2 aromatic carbocycles. The van der Waals surface area contributed by atoms with Crippen LogP contribution in [0.2, 0.25) is 0 Å². The Labute approximate surface area is 174 Å². The molecule has 0 aliphatic rings. The summed E-state index contributed by atoms with van der Waals surface area (Å²) in [6, 6.07) is 13.0. The monoisotopic (exact) mass is 405 g/mol. The van der Waals surface area contributed by atoms with Crippen LogP contribution in [-0.4, -0.2) is 48.6 Å². The van der Waals surface area contributed by atoms with Crippen LogP contribution in [0.25, 0.3) is 22.0 Å². The quantitative estimate of drug-likeness (QED) is 0.465. The number of amides is 1. The van der Waals surface area contributed by atoms with Crippen LogP contribution in [0.5, 0.6) is 5.75 Å². The fraction of sp³-hybridized carbons (Fsp3) is 0.261. The van der Waals surface area contributed by atoms with Crippen LogP contribution >= 0.6 is 0 Å². The molecule has 0 bridgehead atoms. The van der Waals surface area contributed by atoms with Crippen LogP contribution in [0.1, 0.15) is 21.8 Å². The number of benzene rings is 2. The van der Waals surface area contributed by atoms with Crippen molar-refractivity contribution in [3.05, 3.63) is 65.7 Å². The third-order valence-electron chi connectivity index (χ3n) is 5.00. The fourth-order valence-electron chi connectivity index (χ4n) is 3.46. The van der Waals surface area contributed by atoms with Crippen molar-refractivity contribution in [3.8, 4) is 5.75 Å². The Morgan fingerprint density at radius 2 is 2.03 bits per heavy atom. The van der Waals surface area contributed by atoms with E-state index in [-0.39, 0.29) is 5.91 Å². The van der Waals surface area contributed by atoms with Gasteiger partial charge in [-0.1, -0.05) is 12.1 Å².